The van der Waals surface area contributed by atoms with E-state index in [9.17, 15) is 0 Å². The van der Waals surface area contributed by atoms with Crippen LogP contribution in [0.25, 0.3) is 11.5 Å². The summed E-state index contributed by atoms with van der Waals surface area (Å²) in [7, 11) is 0. The van der Waals surface area contributed by atoms with Crippen LogP contribution in [0.4, 0.5) is 0 Å². The molecule has 0 saturated carbocycles. The quantitative estimate of drug-likeness (QED) is 0.738. The number of aromatic nitrogens is 3. The highest BCUT2D eigenvalue weighted by Gasteiger charge is 2.06. The van der Waals surface area contributed by atoms with Crippen LogP contribution in [0, 0.1) is 0 Å². The second-order valence-electron chi connectivity index (χ2n) is 2.73. The Kier molecular flexibility index (Phi) is 2.74. The first-order valence-electron chi connectivity index (χ1n) is 4.21. The van der Waals surface area contributed by atoms with E-state index >= 15 is 0 Å². The van der Waals surface area contributed by atoms with Crippen molar-refractivity contribution in [2.24, 2.45) is 0 Å². The first kappa shape index (κ1) is 9.55. The van der Waals surface area contributed by atoms with Gasteiger partial charge in [-0.25, -0.2) is 15.0 Å². The largest absolute Gasteiger partial charge is 0.241 e. The van der Waals surface area contributed by atoms with E-state index in [2.05, 4.69) is 15.0 Å². The average molecular weight is 226 g/mol. The zero-order valence-electron chi connectivity index (χ0n) is 7.57. The molecule has 0 N–H and O–H groups in total. The van der Waals surface area contributed by atoms with Gasteiger partial charge in [0.25, 0.3) is 0 Å². The molecule has 2 aromatic rings. The molecule has 72 valence electrons. The molecule has 2 aromatic heterocycles. The predicted octanol–water partition coefficient (Wildman–Crippen LogP) is 2.82. The van der Waals surface area contributed by atoms with Crippen LogP contribution in [-0.4, -0.2) is 15.0 Å². The van der Waals surface area contributed by atoms with Crippen molar-refractivity contribution >= 4 is 22.9 Å². The molecule has 0 aromatic carbocycles. The first-order valence-corrected chi connectivity index (χ1v) is 5.53. The molecule has 0 amide bonds. The van der Waals surface area contributed by atoms with Gasteiger partial charge in [0.15, 0.2) is 5.82 Å². The molecule has 0 spiro atoms. The highest BCUT2D eigenvalue weighted by atomic mass is 35.5. The average Bonchev–Trinajstić information content (AvgIpc) is 2.69. The summed E-state index contributed by atoms with van der Waals surface area (Å²) in [6.45, 7) is 2.03. The lowest BCUT2D eigenvalue weighted by atomic mass is 10.3. The fourth-order valence-corrected chi connectivity index (χ4v) is 1.82. The lowest BCUT2D eigenvalue weighted by molar-refractivity contribution is 1.00. The second-order valence-corrected chi connectivity index (χ2v) is 3.84. The number of thiazole rings is 1. The molecule has 0 aliphatic rings. The Morgan fingerprint density at radius 1 is 1.43 bits per heavy atom. The number of hydrogen-bond acceptors (Lipinski definition) is 4. The van der Waals surface area contributed by atoms with Gasteiger partial charge in [-0.05, 0) is 12.5 Å². The summed E-state index contributed by atoms with van der Waals surface area (Å²) >= 11 is 7.39. The highest BCUT2D eigenvalue weighted by Crippen LogP contribution is 2.17. The Labute approximate surface area is 90.8 Å². The summed E-state index contributed by atoms with van der Waals surface area (Å²) in [5, 5.41) is 2.38. The minimum absolute atomic E-state index is 0.472. The van der Waals surface area contributed by atoms with Crippen molar-refractivity contribution < 1.29 is 0 Å². The van der Waals surface area contributed by atoms with Gasteiger partial charge in [-0.15, -0.1) is 11.3 Å². The van der Waals surface area contributed by atoms with Crippen LogP contribution in [0.1, 0.15) is 12.6 Å². The van der Waals surface area contributed by atoms with Crippen LogP contribution in [0.5, 0.6) is 0 Å². The Hall–Kier alpha value is -1.00. The van der Waals surface area contributed by atoms with Crippen LogP contribution in [0.15, 0.2) is 17.0 Å². The summed E-state index contributed by atoms with van der Waals surface area (Å²) in [5.74, 6) is 0.607. The zero-order chi connectivity index (χ0) is 9.97. The van der Waals surface area contributed by atoms with E-state index in [1.165, 1.54) is 11.3 Å². The molecule has 0 atom stereocenters. The summed E-state index contributed by atoms with van der Waals surface area (Å²) in [4.78, 5) is 12.6. The van der Waals surface area contributed by atoms with E-state index in [1.54, 1.807) is 11.6 Å². The van der Waals surface area contributed by atoms with Gasteiger partial charge >= 0.3 is 0 Å². The number of hydrogen-bond donors (Lipinski definition) is 0. The number of nitrogens with zero attached hydrogens (tertiary/aromatic N) is 3. The van der Waals surface area contributed by atoms with E-state index in [4.69, 9.17) is 11.6 Å². The molecular formula is C9H8ClN3S. The lowest BCUT2D eigenvalue weighted by Crippen LogP contribution is -1.94. The summed E-state index contributed by atoms with van der Waals surface area (Å²) in [6, 6.07) is 1.78. The van der Waals surface area contributed by atoms with Crippen LogP contribution >= 0.6 is 22.9 Å². The molecule has 0 fully saturated rings. The van der Waals surface area contributed by atoms with Crippen molar-refractivity contribution in [2.45, 2.75) is 13.3 Å². The fraction of sp³-hybridized carbons (Fsp3) is 0.222. The van der Waals surface area contributed by atoms with E-state index in [0.717, 1.165) is 17.8 Å². The van der Waals surface area contributed by atoms with Crippen LogP contribution in [0.2, 0.25) is 5.15 Å². The molecule has 0 aliphatic carbocycles. The molecule has 14 heavy (non-hydrogen) atoms. The number of rotatable bonds is 2. The van der Waals surface area contributed by atoms with Crippen LogP contribution in [0.3, 0.4) is 0 Å². The van der Waals surface area contributed by atoms with Crippen molar-refractivity contribution in [1.29, 1.82) is 0 Å². The fourth-order valence-electron chi connectivity index (χ4n) is 1.08. The van der Waals surface area contributed by atoms with Crippen molar-refractivity contribution in [2.75, 3.05) is 0 Å². The normalized spacial score (nSPS) is 10.4. The van der Waals surface area contributed by atoms with E-state index < -0.39 is 0 Å². The van der Waals surface area contributed by atoms with Gasteiger partial charge in [-0.3, -0.25) is 0 Å². The summed E-state index contributed by atoms with van der Waals surface area (Å²) in [5.41, 5.74) is 3.48. The Morgan fingerprint density at radius 2 is 2.29 bits per heavy atom. The van der Waals surface area contributed by atoms with Crippen LogP contribution in [-0.2, 0) is 6.42 Å². The van der Waals surface area contributed by atoms with E-state index in [-0.39, 0.29) is 0 Å². The third-order valence-electron chi connectivity index (χ3n) is 1.77. The van der Waals surface area contributed by atoms with E-state index in [0.29, 0.717) is 11.0 Å². The maximum Gasteiger partial charge on any atom is 0.180 e. The topological polar surface area (TPSA) is 38.7 Å². The monoisotopic (exact) mass is 225 g/mol. The molecular weight excluding hydrogens is 218 g/mol. The molecule has 2 rings (SSSR count). The standard InChI is InChI=1S/C9H8ClN3S/c1-2-6-3-8(10)13-9(12-6)7-4-14-5-11-7/h3-5H,2H2,1H3. The molecule has 0 unspecified atom stereocenters. The number of halogens is 1. The van der Waals surface area contributed by atoms with Gasteiger partial charge < -0.3 is 0 Å². The first-order chi connectivity index (χ1) is 6.79. The maximum absolute atomic E-state index is 5.87. The molecule has 0 aliphatic heterocycles. The second kappa shape index (κ2) is 4.02. The molecule has 0 radical (unpaired) electrons. The highest BCUT2D eigenvalue weighted by molar-refractivity contribution is 7.07. The van der Waals surface area contributed by atoms with Gasteiger partial charge in [-0.2, -0.15) is 0 Å². The minimum Gasteiger partial charge on any atom is -0.241 e. The molecule has 0 saturated heterocycles. The van der Waals surface area contributed by atoms with Crippen molar-refractivity contribution in [3.05, 3.63) is 27.8 Å². The lowest BCUT2D eigenvalue weighted by Gasteiger charge is -2.00. The van der Waals surface area contributed by atoms with Gasteiger partial charge in [-0.1, -0.05) is 18.5 Å². The van der Waals surface area contributed by atoms with Crippen molar-refractivity contribution in [3.63, 3.8) is 0 Å². The minimum atomic E-state index is 0.472. The zero-order valence-corrected chi connectivity index (χ0v) is 9.14. The molecule has 3 nitrogen and oxygen atoms in total. The summed E-state index contributed by atoms with van der Waals surface area (Å²) in [6.07, 6.45) is 0.847. The predicted molar refractivity (Wildman–Crippen MR) is 57.5 cm³/mol. The number of aryl methyl sites for hydroxylation is 1. The Bertz CT molecular complexity index is 428. The van der Waals surface area contributed by atoms with Gasteiger partial charge in [0, 0.05) is 11.1 Å². The van der Waals surface area contributed by atoms with Crippen LogP contribution < -0.4 is 0 Å². The SMILES string of the molecule is CCc1cc(Cl)nc(-c2cscn2)n1. The third kappa shape index (κ3) is 1.91. The molecule has 5 heteroatoms. The third-order valence-corrected chi connectivity index (χ3v) is 2.55. The maximum atomic E-state index is 5.87. The van der Waals surface area contributed by atoms with E-state index in [1.807, 2.05) is 12.3 Å². The molecule has 2 heterocycles. The van der Waals surface area contributed by atoms with Crippen molar-refractivity contribution in [3.8, 4) is 11.5 Å². The van der Waals surface area contributed by atoms with Crippen molar-refractivity contribution in [1.82, 2.24) is 15.0 Å². The molecule has 0 bridgehead atoms. The smallest absolute Gasteiger partial charge is 0.180 e. The Morgan fingerprint density at radius 3 is 2.93 bits per heavy atom. The van der Waals surface area contributed by atoms with Gasteiger partial charge in [0.05, 0.1) is 5.51 Å². The van der Waals surface area contributed by atoms with Gasteiger partial charge in [0.2, 0.25) is 0 Å². The summed E-state index contributed by atoms with van der Waals surface area (Å²) < 4.78 is 0. The Balaban J connectivity index is 2.48. The van der Waals surface area contributed by atoms with Gasteiger partial charge in [0.1, 0.15) is 10.8 Å².